The Morgan fingerprint density at radius 1 is 1.41 bits per heavy atom. The van der Waals surface area contributed by atoms with Crippen LogP contribution in [-0.4, -0.2) is 56.0 Å². The summed E-state index contributed by atoms with van der Waals surface area (Å²) in [5, 5.41) is 10.9. The van der Waals surface area contributed by atoms with Crippen LogP contribution in [-0.2, 0) is 19.1 Å². The summed E-state index contributed by atoms with van der Waals surface area (Å²) in [6.45, 7) is 2.86. The van der Waals surface area contributed by atoms with Crippen molar-refractivity contribution in [1.82, 2.24) is 5.32 Å². The number of nitrogens with two attached hydrogens (primary N) is 1. The molecule has 0 aromatic carbocycles. The molecule has 1 amide bonds. The topological polar surface area (TPSA) is 111 Å². The number of carbonyl (C=O) groups is 2. The number of hydrogen-bond donors (Lipinski definition) is 3. The Bertz CT molecular complexity index is 235. The van der Waals surface area contributed by atoms with Crippen LogP contribution in [0, 0.1) is 0 Å². The van der Waals surface area contributed by atoms with E-state index in [1.165, 1.54) is 0 Å². The number of amides is 1. The highest BCUT2D eigenvalue weighted by atomic mass is 16.5. The van der Waals surface area contributed by atoms with E-state index >= 15 is 0 Å². The van der Waals surface area contributed by atoms with Crippen LogP contribution in [0.1, 0.15) is 13.3 Å². The summed E-state index contributed by atoms with van der Waals surface area (Å²) < 4.78 is 9.59. The number of esters is 1. The highest BCUT2D eigenvalue weighted by Gasteiger charge is 2.22. The second-order valence-electron chi connectivity index (χ2n) is 3.21. The smallest absolute Gasteiger partial charge is 0.332 e. The second kappa shape index (κ2) is 10.0. The summed E-state index contributed by atoms with van der Waals surface area (Å²) in [7, 11) is 0. The van der Waals surface area contributed by atoms with Crippen molar-refractivity contribution in [2.75, 3.05) is 33.0 Å². The third kappa shape index (κ3) is 7.67. The van der Waals surface area contributed by atoms with Crippen molar-refractivity contribution in [1.29, 1.82) is 0 Å². The van der Waals surface area contributed by atoms with Crippen molar-refractivity contribution in [2.24, 2.45) is 5.73 Å². The normalized spacial score (nSPS) is 11.9. The molecule has 0 aliphatic heterocycles. The van der Waals surface area contributed by atoms with Gasteiger partial charge in [-0.15, -0.1) is 0 Å². The minimum atomic E-state index is -1.28. The Morgan fingerprint density at radius 3 is 2.71 bits per heavy atom. The molecule has 0 aliphatic rings. The first-order valence-corrected chi connectivity index (χ1v) is 5.52. The average Bonchev–Trinajstić information content (AvgIpc) is 2.32. The second-order valence-corrected chi connectivity index (χ2v) is 3.21. The van der Waals surface area contributed by atoms with Crippen molar-refractivity contribution >= 4 is 11.9 Å². The van der Waals surface area contributed by atoms with Crippen LogP contribution in [0.15, 0.2) is 0 Å². The minimum Gasteiger partial charge on any atom is -0.464 e. The fourth-order valence-electron chi connectivity index (χ4n) is 1.00. The van der Waals surface area contributed by atoms with Gasteiger partial charge in [-0.2, -0.15) is 0 Å². The van der Waals surface area contributed by atoms with Crippen LogP contribution >= 0.6 is 0 Å². The first-order chi connectivity index (χ1) is 8.13. The van der Waals surface area contributed by atoms with Gasteiger partial charge in [0.15, 0.2) is 6.04 Å². The van der Waals surface area contributed by atoms with E-state index < -0.39 is 17.9 Å². The number of nitrogens with one attached hydrogen (secondary N) is 1. The summed E-state index contributed by atoms with van der Waals surface area (Å²) in [5.74, 6) is -1.30. The zero-order chi connectivity index (χ0) is 13.1. The number of hydrogen-bond acceptors (Lipinski definition) is 6. The van der Waals surface area contributed by atoms with Gasteiger partial charge in [-0.25, -0.2) is 4.79 Å². The Balaban J connectivity index is 3.60. The lowest BCUT2D eigenvalue weighted by Gasteiger charge is -2.11. The summed E-state index contributed by atoms with van der Waals surface area (Å²) in [5.41, 5.74) is 5.36. The predicted octanol–water partition coefficient (Wildman–Crippen LogP) is -1.61. The maximum atomic E-state index is 11.3. The van der Waals surface area contributed by atoms with Crippen molar-refractivity contribution in [3.63, 3.8) is 0 Å². The van der Waals surface area contributed by atoms with E-state index in [2.05, 4.69) is 10.1 Å². The third-order valence-electron chi connectivity index (χ3n) is 1.82. The molecule has 7 heteroatoms. The summed E-state index contributed by atoms with van der Waals surface area (Å²) in [6.07, 6.45) is 0.585. The SMILES string of the molecule is CCOC(=O)C(N)C(=O)NCCCOCCO. The molecule has 0 spiro atoms. The van der Waals surface area contributed by atoms with Gasteiger partial charge in [0.05, 0.1) is 19.8 Å². The monoisotopic (exact) mass is 248 g/mol. The van der Waals surface area contributed by atoms with Crippen LogP contribution in [0.4, 0.5) is 0 Å². The Hall–Kier alpha value is -1.18. The number of aliphatic hydroxyl groups excluding tert-OH is 1. The van der Waals surface area contributed by atoms with E-state index in [1.807, 2.05) is 0 Å². The zero-order valence-corrected chi connectivity index (χ0v) is 9.98. The highest BCUT2D eigenvalue weighted by molar-refractivity contribution is 6.01. The van der Waals surface area contributed by atoms with Crippen LogP contribution in [0.3, 0.4) is 0 Å². The molecule has 4 N–H and O–H groups in total. The molecular weight excluding hydrogens is 228 g/mol. The summed E-state index contributed by atoms with van der Waals surface area (Å²) in [6, 6.07) is -1.28. The molecule has 7 nitrogen and oxygen atoms in total. The predicted molar refractivity (Wildman–Crippen MR) is 60.1 cm³/mol. The maximum absolute atomic E-state index is 11.3. The van der Waals surface area contributed by atoms with Gasteiger partial charge < -0.3 is 25.6 Å². The fourth-order valence-corrected chi connectivity index (χ4v) is 1.00. The van der Waals surface area contributed by atoms with Gasteiger partial charge >= 0.3 is 5.97 Å². The quantitative estimate of drug-likeness (QED) is 0.257. The average molecular weight is 248 g/mol. The van der Waals surface area contributed by atoms with E-state index in [4.69, 9.17) is 15.6 Å². The fraction of sp³-hybridized carbons (Fsp3) is 0.800. The van der Waals surface area contributed by atoms with Gasteiger partial charge in [-0.05, 0) is 13.3 Å². The molecule has 0 rings (SSSR count). The lowest BCUT2D eigenvalue weighted by atomic mass is 10.3. The lowest BCUT2D eigenvalue weighted by molar-refractivity contribution is -0.147. The number of aliphatic hydroxyl groups is 1. The van der Waals surface area contributed by atoms with Gasteiger partial charge in [-0.3, -0.25) is 4.79 Å². The van der Waals surface area contributed by atoms with Gasteiger partial charge in [0.2, 0.25) is 5.91 Å². The van der Waals surface area contributed by atoms with Gasteiger partial charge in [0.1, 0.15) is 0 Å². The Kier molecular flexibility index (Phi) is 9.31. The molecule has 17 heavy (non-hydrogen) atoms. The number of ether oxygens (including phenoxy) is 2. The number of carbonyl (C=O) groups excluding carboxylic acids is 2. The molecule has 0 aromatic heterocycles. The van der Waals surface area contributed by atoms with E-state index in [9.17, 15) is 9.59 Å². The molecule has 0 aromatic rings. The first kappa shape index (κ1) is 15.8. The molecular formula is C10H20N2O5. The molecule has 0 bridgehead atoms. The maximum Gasteiger partial charge on any atom is 0.332 e. The van der Waals surface area contributed by atoms with E-state index in [0.29, 0.717) is 19.6 Å². The van der Waals surface area contributed by atoms with Crippen molar-refractivity contribution in [2.45, 2.75) is 19.4 Å². The molecule has 1 atom stereocenters. The summed E-state index contributed by atoms with van der Waals surface area (Å²) >= 11 is 0. The molecule has 100 valence electrons. The van der Waals surface area contributed by atoms with Crippen molar-refractivity contribution < 1.29 is 24.2 Å². The van der Waals surface area contributed by atoms with Crippen LogP contribution in [0.2, 0.25) is 0 Å². The lowest BCUT2D eigenvalue weighted by Crippen LogP contribution is -2.47. The Labute approximate surface area is 100 Å². The van der Waals surface area contributed by atoms with Crippen LogP contribution < -0.4 is 11.1 Å². The molecule has 0 aliphatic carbocycles. The van der Waals surface area contributed by atoms with Gasteiger partial charge in [-0.1, -0.05) is 0 Å². The van der Waals surface area contributed by atoms with Gasteiger partial charge in [0, 0.05) is 13.2 Å². The highest BCUT2D eigenvalue weighted by Crippen LogP contribution is 1.87. The van der Waals surface area contributed by atoms with Gasteiger partial charge in [0.25, 0.3) is 0 Å². The molecule has 0 fully saturated rings. The van der Waals surface area contributed by atoms with E-state index in [-0.39, 0.29) is 19.8 Å². The van der Waals surface area contributed by atoms with Crippen LogP contribution in [0.25, 0.3) is 0 Å². The molecule has 0 radical (unpaired) electrons. The molecule has 0 heterocycles. The van der Waals surface area contributed by atoms with E-state index in [0.717, 1.165) is 0 Å². The molecule has 0 saturated carbocycles. The largest absolute Gasteiger partial charge is 0.464 e. The van der Waals surface area contributed by atoms with Crippen molar-refractivity contribution in [3.05, 3.63) is 0 Å². The first-order valence-electron chi connectivity index (χ1n) is 5.52. The Morgan fingerprint density at radius 2 is 2.12 bits per heavy atom. The molecule has 1 unspecified atom stereocenters. The third-order valence-corrected chi connectivity index (χ3v) is 1.82. The number of rotatable bonds is 9. The minimum absolute atomic E-state index is 0.0277. The molecule has 0 saturated heterocycles. The van der Waals surface area contributed by atoms with E-state index in [1.54, 1.807) is 6.92 Å². The summed E-state index contributed by atoms with van der Waals surface area (Å²) in [4.78, 5) is 22.4. The zero-order valence-electron chi connectivity index (χ0n) is 9.98. The van der Waals surface area contributed by atoms with Crippen molar-refractivity contribution in [3.8, 4) is 0 Å². The standard InChI is InChI=1S/C10H20N2O5/c1-2-17-10(15)8(11)9(14)12-4-3-6-16-7-5-13/h8,13H,2-7,11H2,1H3,(H,12,14). The van der Waals surface area contributed by atoms with Crippen LogP contribution in [0.5, 0.6) is 0 Å².